The SMILES string of the molecule is COCc1ccc(CN2CCC(NC(=O)c3ccc(C)s3)CC2)o1. The lowest BCUT2D eigenvalue weighted by Crippen LogP contribution is -2.44. The van der Waals surface area contributed by atoms with Crippen LogP contribution in [0, 0.1) is 6.92 Å². The molecule has 1 fully saturated rings. The van der Waals surface area contributed by atoms with E-state index in [2.05, 4.69) is 10.2 Å². The van der Waals surface area contributed by atoms with Crippen molar-refractivity contribution in [1.82, 2.24) is 10.2 Å². The minimum absolute atomic E-state index is 0.0572. The molecule has 0 atom stereocenters. The van der Waals surface area contributed by atoms with Crippen LogP contribution in [0.5, 0.6) is 0 Å². The highest BCUT2D eigenvalue weighted by atomic mass is 32.1. The van der Waals surface area contributed by atoms with Gasteiger partial charge in [-0.3, -0.25) is 9.69 Å². The van der Waals surface area contributed by atoms with Crippen molar-refractivity contribution in [3.63, 3.8) is 0 Å². The van der Waals surface area contributed by atoms with Gasteiger partial charge < -0.3 is 14.5 Å². The molecule has 2 aromatic heterocycles. The third-order valence-corrected chi connectivity index (χ3v) is 5.27. The molecule has 0 bridgehead atoms. The molecule has 1 amide bonds. The number of aryl methyl sites for hydroxylation is 1. The molecule has 0 spiro atoms. The highest BCUT2D eigenvalue weighted by molar-refractivity contribution is 7.13. The number of carbonyl (C=O) groups is 1. The maximum absolute atomic E-state index is 12.2. The number of ether oxygens (including phenoxy) is 1. The highest BCUT2D eigenvalue weighted by Gasteiger charge is 2.22. The van der Waals surface area contributed by atoms with Gasteiger partial charge in [-0.2, -0.15) is 0 Å². The van der Waals surface area contributed by atoms with Gasteiger partial charge in [0.1, 0.15) is 18.1 Å². The number of rotatable bonds is 6. The molecule has 3 heterocycles. The van der Waals surface area contributed by atoms with E-state index in [0.717, 1.165) is 48.9 Å². The summed E-state index contributed by atoms with van der Waals surface area (Å²) in [5.74, 6) is 1.89. The van der Waals surface area contributed by atoms with Gasteiger partial charge in [0, 0.05) is 31.1 Å². The Labute approximate surface area is 146 Å². The maximum atomic E-state index is 12.2. The number of carbonyl (C=O) groups excluding carboxylic acids is 1. The van der Waals surface area contributed by atoms with E-state index in [-0.39, 0.29) is 11.9 Å². The number of nitrogens with one attached hydrogen (secondary N) is 1. The van der Waals surface area contributed by atoms with E-state index >= 15 is 0 Å². The molecular weight excluding hydrogens is 324 g/mol. The summed E-state index contributed by atoms with van der Waals surface area (Å²) in [6.45, 7) is 5.28. The fraction of sp³-hybridized carbons (Fsp3) is 0.500. The van der Waals surface area contributed by atoms with Gasteiger partial charge in [-0.15, -0.1) is 11.3 Å². The number of likely N-dealkylation sites (tertiary alicyclic amines) is 1. The molecule has 1 aliphatic rings. The summed E-state index contributed by atoms with van der Waals surface area (Å²) in [7, 11) is 1.67. The Kier molecular flexibility index (Phi) is 5.71. The molecule has 1 aliphatic heterocycles. The van der Waals surface area contributed by atoms with Crippen molar-refractivity contribution in [3.8, 4) is 0 Å². The standard InChI is InChI=1S/C18H24N2O3S/c1-13-3-6-17(24-13)18(21)19-14-7-9-20(10-8-14)11-15-4-5-16(23-15)12-22-2/h3-6,14H,7-12H2,1-2H3,(H,19,21). The van der Waals surface area contributed by atoms with Crippen LogP contribution in [0.15, 0.2) is 28.7 Å². The number of amides is 1. The summed E-state index contributed by atoms with van der Waals surface area (Å²) in [5.41, 5.74) is 0. The van der Waals surface area contributed by atoms with Crippen LogP contribution in [0.2, 0.25) is 0 Å². The molecular formula is C18H24N2O3S. The molecule has 6 heteroatoms. The van der Waals surface area contributed by atoms with Crippen LogP contribution in [-0.4, -0.2) is 37.0 Å². The van der Waals surface area contributed by atoms with Crippen molar-refractivity contribution >= 4 is 17.2 Å². The second-order valence-corrected chi connectivity index (χ2v) is 7.52. The molecule has 2 aromatic rings. The van der Waals surface area contributed by atoms with Crippen molar-refractivity contribution in [1.29, 1.82) is 0 Å². The van der Waals surface area contributed by atoms with Crippen LogP contribution in [0.4, 0.5) is 0 Å². The number of hydrogen-bond donors (Lipinski definition) is 1. The van der Waals surface area contributed by atoms with Gasteiger partial charge in [-0.1, -0.05) is 0 Å². The minimum Gasteiger partial charge on any atom is -0.462 e. The Balaban J connectivity index is 1.44. The van der Waals surface area contributed by atoms with Crippen LogP contribution in [0.3, 0.4) is 0 Å². The van der Waals surface area contributed by atoms with E-state index in [4.69, 9.17) is 9.15 Å². The molecule has 5 nitrogen and oxygen atoms in total. The van der Waals surface area contributed by atoms with Crippen molar-refractivity contribution in [3.05, 3.63) is 45.5 Å². The predicted octanol–water partition coefficient (Wildman–Crippen LogP) is 3.19. The second-order valence-electron chi connectivity index (χ2n) is 6.24. The fourth-order valence-corrected chi connectivity index (χ4v) is 3.77. The summed E-state index contributed by atoms with van der Waals surface area (Å²) >= 11 is 1.55. The zero-order valence-electron chi connectivity index (χ0n) is 14.2. The van der Waals surface area contributed by atoms with Crippen LogP contribution >= 0.6 is 11.3 Å². The first-order valence-corrected chi connectivity index (χ1v) is 9.12. The monoisotopic (exact) mass is 348 g/mol. The maximum Gasteiger partial charge on any atom is 0.261 e. The average Bonchev–Trinajstić information content (AvgIpc) is 3.19. The molecule has 0 aliphatic carbocycles. The quantitative estimate of drug-likeness (QED) is 0.871. The summed E-state index contributed by atoms with van der Waals surface area (Å²) in [4.78, 5) is 16.6. The van der Waals surface area contributed by atoms with E-state index < -0.39 is 0 Å². The predicted molar refractivity (Wildman–Crippen MR) is 94.2 cm³/mol. The number of piperidine rings is 1. The molecule has 0 unspecified atom stereocenters. The molecule has 0 radical (unpaired) electrons. The molecule has 130 valence electrons. The van der Waals surface area contributed by atoms with E-state index in [1.807, 2.05) is 31.2 Å². The van der Waals surface area contributed by atoms with Gasteiger partial charge in [0.2, 0.25) is 0 Å². The Morgan fingerprint density at radius 2 is 2.04 bits per heavy atom. The topological polar surface area (TPSA) is 54.7 Å². The lowest BCUT2D eigenvalue weighted by atomic mass is 10.0. The van der Waals surface area contributed by atoms with Crippen molar-refractivity contribution < 1.29 is 13.9 Å². The van der Waals surface area contributed by atoms with E-state index in [0.29, 0.717) is 6.61 Å². The fourth-order valence-electron chi connectivity index (χ4n) is 3.00. The van der Waals surface area contributed by atoms with E-state index in [9.17, 15) is 4.79 Å². The number of furan rings is 1. The van der Waals surface area contributed by atoms with Crippen LogP contribution < -0.4 is 5.32 Å². The second kappa shape index (κ2) is 7.96. The molecule has 3 rings (SSSR count). The van der Waals surface area contributed by atoms with Crippen molar-refractivity contribution in [2.45, 2.75) is 39.0 Å². The molecule has 1 N–H and O–H groups in total. The van der Waals surface area contributed by atoms with Crippen LogP contribution in [-0.2, 0) is 17.9 Å². The van der Waals surface area contributed by atoms with E-state index in [1.54, 1.807) is 18.4 Å². The Hall–Kier alpha value is -1.63. The normalized spacial score (nSPS) is 16.4. The van der Waals surface area contributed by atoms with Gasteiger partial charge in [0.25, 0.3) is 5.91 Å². The summed E-state index contributed by atoms with van der Waals surface area (Å²) in [6.07, 6.45) is 1.95. The average molecular weight is 348 g/mol. The molecule has 24 heavy (non-hydrogen) atoms. The van der Waals surface area contributed by atoms with Crippen LogP contribution in [0.1, 0.15) is 38.9 Å². The largest absolute Gasteiger partial charge is 0.462 e. The van der Waals surface area contributed by atoms with Gasteiger partial charge in [-0.05, 0) is 44.0 Å². The Morgan fingerprint density at radius 1 is 1.29 bits per heavy atom. The van der Waals surface area contributed by atoms with Gasteiger partial charge in [0.05, 0.1) is 11.4 Å². The summed E-state index contributed by atoms with van der Waals surface area (Å²) < 4.78 is 10.8. The summed E-state index contributed by atoms with van der Waals surface area (Å²) in [6, 6.07) is 8.13. The number of thiophene rings is 1. The minimum atomic E-state index is 0.0572. The lowest BCUT2D eigenvalue weighted by molar-refractivity contribution is 0.0909. The molecule has 0 saturated carbocycles. The zero-order valence-corrected chi connectivity index (χ0v) is 15.0. The first-order valence-electron chi connectivity index (χ1n) is 8.30. The summed E-state index contributed by atoms with van der Waals surface area (Å²) in [5, 5.41) is 3.16. The first kappa shape index (κ1) is 17.2. The Morgan fingerprint density at radius 3 is 2.71 bits per heavy atom. The third-order valence-electron chi connectivity index (χ3n) is 4.27. The van der Waals surface area contributed by atoms with Crippen molar-refractivity contribution in [2.24, 2.45) is 0 Å². The van der Waals surface area contributed by atoms with Crippen molar-refractivity contribution in [2.75, 3.05) is 20.2 Å². The van der Waals surface area contributed by atoms with Gasteiger partial charge >= 0.3 is 0 Å². The Bertz CT molecular complexity index is 671. The third kappa shape index (κ3) is 4.47. The van der Waals surface area contributed by atoms with Gasteiger partial charge in [0.15, 0.2) is 0 Å². The number of methoxy groups -OCH3 is 1. The zero-order chi connectivity index (χ0) is 16.9. The number of nitrogens with zero attached hydrogens (tertiary/aromatic N) is 1. The lowest BCUT2D eigenvalue weighted by Gasteiger charge is -2.31. The van der Waals surface area contributed by atoms with E-state index in [1.165, 1.54) is 4.88 Å². The molecule has 0 aromatic carbocycles. The van der Waals surface area contributed by atoms with Gasteiger partial charge in [-0.25, -0.2) is 0 Å². The smallest absolute Gasteiger partial charge is 0.261 e. The van der Waals surface area contributed by atoms with Crippen LogP contribution in [0.25, 0.3) is 0 Å². The highest BCUT2D eigenvalue weighted by Crippen LogP contribution is 2.18. The molecule has 1 saturated heterocycles. The number of hydrogen-bond acceptors (Lipinski definition) is 5. The first-order chi connectivity index (χ1) is 11.6.